The standard InChI is InChI=1S/C73H132N10O25S3/c1-5-6-7-8-9-10-11-12-16-23-60(96)83-73(45-103-36-24-54(90)74-30-17-13-20-33-77-57(93)27-39-109-70-61(80-48(2)87)67(100)64(97)51(42-84)106-70,46-104-37-25-55(91)75-31-18-14-21-34-78-58(94)28-40-110-71-62(81-49(3)88)68(101)65(98)52(43-85)107-71)47-105-38-26-56(92)76-32-19-15-22-35-79-59(95)29-41-111-72-63(82-50(4)89)69(102)66(99)53(44-86)108-72/h51-53,61-72,84-86,97-102H,5-47H2,1-4H3,(H,74,90)(H,75,91)(H,76,92)(H,77,93)(H,78,94)(H,79,95)(H,80,87)(H,81,88)(H,82,89)(H,83,96)/t51-,52-,53-,61-,62-,63-,64+,65+,66+,67-,68-,69-,70+,71+,72+/m1/s1. The minimum absolute atomic E-state index is 0.0277. The number of thioether (sulfide) groups is 3. The highest BCUT2D eigenvalue weighted by atomic mass is 32.2. The maximum atomic E-state index is 13.9. The van der Waals surface area contributed by atoms with Crippen LogP contribution in [0.1, 0.15) is 188 Å². The van der Waals surface area contributed by atoms with E-state index in [0.717, 1.165) is 32.1 Å². The van der Waals surface area contributed by atoms with Crippen molar-refractivity contribution >= 4 is 94.4 Å². The Morgan fingerprint density at radius 2 is 0.586 bits per heavy atom. The number of amides is 10. The molecule has 15 atom stereocenters. The highest BCUT2D eigenvalue weighted by Gasteiger charge is 2.48. The van der Waals surface area contributed by atoms with Crippen LogP contribution in [0, 0.1) is 0 Å². The smallest absolute Gasteiger partial charge is 0.222 e. The van der Waals surface area contributed by atoms with Crippen molar-refractivity contribution in [2.45, 2.75) is 283 Å². The fourth-order valence-corrected chi connectivity index (χ4v) is 15.9. The SMILES string of the molecule is CCCCCCCCCCCC(=O)NC(COCCC(=O)NCCCCCNC(=O)CCS[C@@H]1O[C@H](CO)[C@H](O)[C@H](O)[C@H]1NC(C)=O)(COCCC(=O)NCCCCCNC(=O)CCS[C@@H]1O[C@H](CO)[C@H](O)[C@H](O)[C@H]1NC(C)=O)COCCC(=O)NCCCCCNC(=O)CCS[C@@H]1O[C@H](CO)[C@H](O)[C@H](O)[C@H]1NC(C)=O. The summed E-state index contributed by atoms with van der Waals surface area (Å²) >= 11 is 3.51. The Bertz CT molecular complexity index is 2430. The quantitative estimate of drug-likeness (QED) is 0.0305. The third-order valence-electron chi connectivity index (χ3n) is 18.5. The molecule has 3 aliphatic rings. The predicted octanol–water partition coefficient (Wildman–Crippen LogP) is -1.61. The Hall–Kier alpha value is -4.85. The minimum Gasteiger partial charge on any atom is -0.394 e. The summed E-state index contributed by atoms with van der Waals surface area (Å²) in [5.74, 6) is -2.34. The van der Waals surface area contributed by atoms with E-state index in [1.54, 1.807) is 0 Å². The van der Waals surface area contributed by atoms with Gasteiger partial charge in [-0.25, -0.2) is 0 Å². The Kier molecular flexibility index (Phi) is 54.0. The number of ether oxygens (including phenoxy) is 6. The number of hydrogen-bond donors (Lipinski definition) is 19. The van der Waals surface area contributed by atoms with Gasteiger partial charge in [-0.2, -0.15) is 0 Å². The Balaban J connectivity index is 1.53. The second-order valence-corrected chi connectivity index (χ2v) is 31.9. The summed E-state index contributed by atoms with van der Waals surface area (Å²) in [4.78, 5) is 126. The summed E-state index contributed by atoms with van der Waals surface area (Å²) in [6.07, 6.45) is 4.06. The molecule has 0 aromatic heterocycles. The third kappa shape index (κ3) is 43.1. The molecule has 111 heavy (non-hydrogen) atoms. The average Bonchev–Trinajstić information content (AvgIpc) is 0.847. The molecule has 3 saturated heterocycles. The molecule has 0 bridgehead atoms. The van der Waals surface area contributed by atoms with Gasteiger partial charge in [-0.15, -0.1) is 35.3 Å². The zero-order chi connectivity index (χ0) is 81.8. The molecule has 0 unspecified atom stereocenters. The van der Waals surface area contributed by atoms with E-state index in [1.165, 1.54) is 75.3 Å². The number of unbranched alkanes of at least 4 members (excludes halogenated alkanes) is 14. The molecule has 38 heteroatoms. The number of carbonyl (C=O) groups excluding carboxylic acids is 10. The predicted molar refractivity (Wildman–Crippen MR) is 416 cm³/mol. The topological polar surface area (TPSA) is 528 Å². The Morgan fingerprint density at radius 3 is 0.847 bits per heavy atom. The number of carbonyl (C=O) groups is 10. The van der Waals surface area contributed by atoms with Crippen molar-refractivity contribution in [3.05, 3.63) is 0 Å². The monoisotopic (exact) mass is 1640 g/mol. The van der Waals surface area contributed by atoms with Crippen LogP contribution in [-0.4, -0.2) is 316 Å². The first-order chi connectivity index (χ1) is 53.3. The molecule has 0 aromatic rings. The van der Waals surface area contributed by atoms with E-state index in [2.05, 4.69) is 60.1 Å². The van der Waals surface area contributed by atoms with Gasteiger partial charge in [0.1, 0.15) is 76.8 Å². The maximum absolute atomic E-state index is 13.9. The van der Waals surface area contributed by atoms with Gasteiger partial charge in [-0.05, 0) is 64.2 Å². The maximum Gasteiger partial charge on any atom is 0.222 e. The lowest BCUT2D eigenvalue weighted by Crippen LogP contribution is -2.63. The molecule has 3 rings (SSSR count). The molecule has 10 amide bonds. The molecule has 0 radical (unpaired) electrons. The van der Waals surface area contributed by atoms with Gasteiger partial charge in [0.15, 0.2) is 0 Å². The Morgan fingerprint density at radius 1 is 0.333 bits per heavy atom. The Labute approximate surface area is 665 Å². The van der Waals surface area contributed by atoms with Crippen LogP contribution in [0.5, 0.6) is 0 Å². The molecule has 35 nitrogen and oxygen atoms in total. The van der Waals surface area contributed by atoms with E-state index in [0.29, 0.717) is 103 Å². The first-order valence-corrected chi connectivity index (χ1v) is 42.6. The molecule has 3 fully saturated rings. The van der Waals surface area contributed by atoms with Crippen molar-refractivity contribution in [2.75, 3.05) is 116 Å². The van der Waals surface area contributed by atoms with Crippen molar-refractivity contribution < 1.29 is 122 Å². The van der Waals surface area contributed by atoms with Gasteiger partial charge in [-0.3, -0.25) is 47.9 Å². The van der Waals surface area contributed by atoms with E-state index in [4.69, 9.17) is 28.4 Å². The van der Waals surface area contributed by atoms with E-state index in [9.17, 15) is 93.9 Å². The first-order valence-electron chi connectivity index (χ1n) is 39.5. The van der Waals surface area contributed by atoms with Gasteiger partial charge >= 0.3 is 0 Å². The number of aliphatic hydroxyl groups is 9. The van der Waals surface area contributed by atoms with Gasteiger partial charge in [0.2, 0.25) is 59.1 Å². The summed E-state index contributed by atoms with van der Waals surface area (Å²) in [6, 6.07) is -2.86. The molecule has 19 N–H and O–H groups in total. The molecule has 0 aromatic carbocycles. The molecule has 3 aliphatic heterocycles. The van der Waals surface area contributed by atoms with Crippen molar-refractivity contribution in [1.29, 1.82) is 0 Å². The van der Waals surface area contributed by atoms with Crippen LogP contribution in [0.3, 0.4) is 0 Å². The van der Waals surface area contributed by atoms with Crippen molar-refractivity contribution in [3.63, 3.8) is 0 Å². The van der Waals surface area contributed by atoms with Crippen molar-refractivity contribution in [3.8, 4) is 0 Å². The van der Waals surface area contributed by atoms with Crippen molar-refractivity contribution in [2.24, 2.45) is 0 Å². The molecular weight excluding hydrogens is 1510 g/mol. The highest BCUT2D eigenvalue weighted by molar-refractivity contribution is 8.00. The number of aliphatic hydroxyl groups excluding tert-OH is 9. The minimum atomic E-state index is -1.41. The normalized spacial score (nSPS) is 23.8. The molecular formula is C73H132N10O25S3. The van der Waals surface area contributed by atoms with Crippen LogP contribution in [0.4, 0.5) is 0 Å². The molecule has 0 aliphatic carbocycles. The highest BCUT2D eigenvalue weighted by Crippen LogP contribution is 2.32. The van der Waals surface area contributed by atoms with E-state index in [-0.39, 0.29) is 143 Å². The lowest BCUT2D eigenvalue weighted by Gasteiger charge is -2.42. The van der Waals surface area contributed by atoms with Crippen LogP contribution >= 0.6 is 35.3 Å². The first kappa shape index (κ1) is 100. The van der Waals surface area contributed by atoms with Gasteiger partial charge in [0, 0.05) is 122 Å². The molecule has 0 saturated carbocycles. The van der Waals surface area contributed by atoms with Crippen LogP contribution in [0.15, 0.2) is 0 Å². The fraction of sp³-hybridized carbons (Fsp3) is 0.863. The summed E-state index contributed by atoms with van der Waals surface area (Å²) in [5.41, 5.74) is -3.77. The van der Waals surface area contributed by atoms with Crippen LogP contribution in [0.25, 0.3) is 0 Å². The number of rotatable bonds is 62. The second-order valence-electron chi connectivity index (χ2n) is 28.3. The van der Waals surface area contributed by atoms with E-state index < -0.39 is 132 Å². The summed E-state index contributed by atoms with van der Waals surface area (Å²) in [7, 11) is 0. The lowest BCUT2D eigenvalue weighted by molar-refractivity contribution is -0.173. The second kappa shape index (κ2) is 59.8. The molecule has 3 heterocycles. The van der Waals surface area contributed by atoms with Crippen molar-refractivity contribution in [1.82, 2.24) is 53.2 Å². The van der Waals surface area contributed by atoms with Crippen LogP contribution in [0.2, 0.25) is 0 Å². The summed E-state index contributed by atoms with van der Waals surface area (Å²) < 4.78 is 35.6. The average molecular weight is 1650 g/mol. The van der Waals surface area contributed by atoms with Gasteiger partial charge in [-0.1, -0.05) is 58.3 Å². The fourth-order valence-electron chi connectivity index (χ4n) is 12.3. The summed E-state index contributed by atoms with van der Waals surface area (Å²) in [5, 5.41) is 119. The third-order valence-corrected chi connectivity index (χ3v) is 22.1. The van der Waals surface area contributed by atoms with E-state index >= 15 is 0 Å². The molecule has 642 valence electrons. The van der Waals surface area contributed by atoms with E-state index in [1.807, 2.05) is 0 Å². The number of nitrogens with one attached hydrogen (secondary N) is 10. The van der Waals surface area contributed by atoms with Crippen LogP contribution < -0.4 is 53.2 Å². The van der Waals surface area contributed by atoms with Gasteiger partial charge in [0.25, 0.3) is 0 Å². The summed E-state index contributed by atoms with van der Waals surface area (Å²) in [6.45, 7) is 5.93. The zero-order valence-electron chi connectivity index (χ0n) is 65.3. The van der Waals surface area contributed by atoms with Gasteiger partial charge < -0.3 is 128 Å². The molecule has 0 spiro atoms. The van der Waals surface area contributed by atoms with Crippen LogP contribution in [-0.2, 0) is 76.4 Å². The zero-order valence-corrected chi connectivity index (χ0v) is 67.8. The van der Waals surface area contributed by atoms with Gasteiger partial charge in [0.05, 0.1) is 77.6 Å². The largest absolute Gasteiger partial charge is 0.394 e. The lowest BCUT2D eigenvalue weighted by atomic mass is 9.98. The number of hydrogen-bond acceptors (Lipinski definition) is 28.